The largest absolute Gasteiger partial charge is 0.492 e. The Labute approximate surface area is 191 Å². The summed E-state index contributed by atoms with van der Waals surface area (Å²) in [5.74, 6) is -1.84. The summed E-state index contributed by atoms with van der Waals surface area (Å²) >= 11 is 1.37. The first kappa shape index (κ1) is 23.4. The molecule has 32 heavy (non-hydrogen) atoms. The van der Waals surface area contributed by atoms with Crippen molar-refractivity contribution in [3.63, 3.8) is 0 Å². The van der Waals surface area contributed by atoms with Crippen molar-refractivity contribution in [1.29, 1.82) is 0 Å². The first-order valence-corrected chi connectivity index (χ1v) is 11.4. The quantitative estimate of drug-likeness (QED) is 0.383. The fraction of sp³-hybridized carbons (Fsp3) is 0.292. The van der Waals surface area contributed by atoms with Crippen LogP contribution < -0.4 is 15.4 Å². The van der Waals surface area contributed by atoms with Crippen molar-refractivity contribution in [3.05, 3.63) is 60.7 Å². The number of hydrogen-bond acceptors (Lipinski definition) is 5. The molecule has 1 aliphatic rings. The van der Waals surface area contributed by atoms with E-state index in [4.69, 9.17) is 4.74 Å². The molecule has 0 aromatic heterocycles. The molecule has 7 nitrogen and oxygen atoms in total. The molecule has 8 heteroatoms. The summed E-state index contributed by atoms with van der Waals surface area (Å²) in [6.07, 6.45) is 4.43. The van der Waals surface area contributed by atoms with Gasteiger partial charge in [-0.3, -0.25) is 14.4 Å². The number of carbonyl (C=O) groups excluding carboxylic acids is 2. The van der Waals surface area contributed by atoms with Crippen molar-refractivity contribution in [2.45, 2.75) is 24.7 Å². The van der Waals surface area contributed by atoms with Gasteiger partial charge in [0.2, 0.25) is 11.8 Å². The van der Waals surface area contributed by atoms with Crippen LogP contribution in [0.5, 0.6) is 5.75 Å². The van der Waals surface area contributed by atoms with E-state index in [0.717, 1.165) is 4.90 Å². The number of rotatable bonds is 9. The van der Waals surface area contributed by atoms with Gasteiger partial charge in [0.25, 0.3) is 0 Å². The summed E-state index contributed by atoms with van der Waals surface area (Å²) in [7, 11) is 0. The molecule has 1 aliphatic carbocycles. The van der Waals surface area contributed by atoms with Gasteiger partial charge < -0.3 is 20.5 Å². The first-order chi connectivity index (χ1) is 15.5. The van der Waals surface area contributed by atoms with Gasteiger partial charge in [-0.2, -0.15) is 0 Å². The molecular formula is C24H26N2O5S. The molecule has 0 saturated carbocycles. The molecule has 0 radical (unpaired) electrons. The van der Waals surface area contributed by atoms with Crippen LogP contribution in [0.1, 0.15) is 19.8 Å². The van der Waals surface area contributed by atoms with E-state index < -0.39 is 17.8 Å². The lowest BCUT2D eigenvalue weighted by Gasteiger charge is -2.24. The van der Waals surface area contributed by atoms with E-state index >= 15 is 0 Å². The standard InChI is InChI=1S/C24H26N2O5S/c1-2-31-21-10-6-5-9-20(21)26-22(27)15-32-17-13-11-16(12-14-17)25-23(28)18-7-3-4-8-19(18)24(29)30/h3-6,9-14,18-19H,2,7-8,15H2,1H3,(H,25,28)(H,26,27)(H,29,30)/t18-,19-/m1/s1. The lowest BCUT2D eigenvalue weighted by Crippen LogP contribution is -2.34. The van der Waals surface area contributed by atoms with Crippen LogP contribution in [0.2, 0.25) is 0 Å². The zero-order chi connectivity index (χ0) is 22.9. The van der Waals surface area contributed by atoms with Crippen LogP contribution in [0.15, 0.2) is 65.6 Å². The maximum Gasteiger partial charge on any atom is 0.307 e. The predicted octanol–water partition coefficient (Wildman–Crippen LogP) is 4.42. The Hall–Kier alpha value is -3.26. The number of carboxylic acid groups (broad SMARTS) is 1. The highest BCUT2D eigenvalue weighted by Crippen LogP contribution is 2.28. The summed E-state index contributed by atoms with van der Waals surface area (Å²) in [5.41, 5.74) is 1.23. The molecule has 0 fully saturated rings. The van der Waals surface area contributed by atoms with Gasteiger partial charge in [0.15, 0.2) is 0 Å². The normalized spacial score (nSPS) is 17.4. The molecule has 0 aliphatic heterocycles. The van der Waals surface area contributed by atoms with Crippen molar-refractivity contribution >= 4 is 40.9 Å². The fourth-order valence-corrected chi connectivity index (χ4v) is 4.13. The molecule has 3 rings (SSSR count). The third-order valence-corrected chi connectivity index (χ3v) is 6.05. The lowest BCUT2D eigenvalue weighted by molar-refractivity contribution is -0.146. The number of ether oxygens (including phenoxy) is 1. The van der Waals surface area contributed by atoms with Gasteiger partial charge in [0.05, 0.1) is 29.9 Å². The van der Waals surface area contributed by atoms with Crippen LogP contribution in [-0.2, 0) is 14.4 Å². The molecule has 0 spiro atoms. The number of aliphatic carboxylic acids is 1. The molecule has 168 valence electrons. The van der Waals surface area contributed by atoms with E-state index in [1.54, 1.807) is 24.3 Å². The third-order valence-electron chi connectivity index (χ3n) is 5.04. The fourth-order valence-electron chi connectivity index (χ4n) is 3.43. The zero-order valence-corrected chi connectivity index (χ0v) is 18.6. The van der Waals surface area contributed by atoms with Crippen LogP contribution in [0.25, 0.3) is 0 Å². The molecule has 2 aromatic carbocycles. The Kier molecular flexibility index (Phi) is 8.33. The SMILES string of the molecule is CCOc1ccccc1NC(=O)CSc1ccc(NC(=O)[C@@H]2CC=CC[C@H]2C(=O)O)cc1. The molecule has 0 saturated heterocycles. The van der Waals surface area contributed by atoms with Crippen molar-refractivity contribution in [1.82, 2.24) is 0 Å². The number of thioether (sulfide) groups is 1. The van der Waals surface area contributed by atoms with Crippen LogP contribution in [-0.4, -0.2) is 35.2 Å². The minimum absolute atomic E-state index is 0.149. The summed E-state index contributed by atoms with van der Waals surface area (Å²) in [6.45, 7) is 2.40. The number of carboxylic acids is 1. The molecule has 2 atom stereocenters. The number of hydrogen-bond donors (Lipinski definition) is 3. The van der Waals surface area contributed by atoms with Gasteiger partial charge in [0, 0.05) is 10.6 Å². The Balaban J connectivity index is 1.51. The number of anilines is 2. The van der Waals surface area contributed by atoms with Crippen LogP contribution in [0.3, 0.4) is 0 Å². The number of benzene rings is 2. The van der Waals surface area contributed by atoms with E-state index in [1.165, 1.54) is 11.8 Å². The number of nitrogens with one attached hydrogen (secondary N) is 2. The molecule has 2 amide bonds. The zero-order valence-electron chi connectivity index (χ0n) is 17.7. The Morgan fingerprint density at radius 3 is 2.38 bits per heavy atom. The number of allylic oxidation sites excluding steroid dienone is 2. The lowest BCUT2D eigenvalue weighted by atomic mass is 9.82. The summed E-state index contributed by atoms with van der Waals surface area (Å²) in [5, 5.41) is 15.0. The van der Waals surface area contributed by atoms with Gasteiger partial charge >= 0.3 is 5.97 Å². The van der Waals surface area contributed by atoms with Crippen LogP contribution in [0, 0.1) is 11.8 Å². The first-order valence-electron chi connectivity index (χ1n) is 10.4. The minimum atomic E-state index is -0.955. The topological polar surface area (TPSA) is 105 Å². The van der Waals surface area contributed by atoms with Gasteiger partial charge in [-0.15, -0.1) is 11.8 Å². The second kappa shape index (κ2) is 11.4. The monoisotopic (exact) mass is 454 g/mol. The third kappa shape index (κ3) is 6.37. The highest BCUT2D eigenvalue weighted by molar-refractivity contribution is 8.00. The second-order valence-corrected chi connectivity index (χ2v) is 8.32. The van der Waals surface area contributed by atoms with Crippen molar-refractivity contribution in [2.75, 3.05) is 23.0 Å². The van der Waals surface area contributed by atoms with Crippen molar-refractivity contribution in [2.24, 2.45) is 11.8 Å². The number of para-hydroxylation sites is 2. The maximum absolute atomic E-state index is 12.6. The van der Waals surface area contributed by atoms with E-state index in [1.807, 2.05) is 43.3 Å². The van der Waals surface area contributed by atoms with E-state index in [9.17, 15) is 19.5 Å². The average molecular weight is 455 g/mol. The smallest absolute Gasteiger partial charge is 0.307 e. The Morgan fingerprint density at radius 1 is 1.00 bits per heavy atom. The molecule has 2 aromatic rings. The van der Waals surface area contributed by atoms with Gasteiger partial charge in [0.1, 0.15) is 5.75 Å². The molecular weight excluding hydrogens is 428 g/mol. The Bertz CT molecular complexity index is 990. The maximum atomic E-state index is 12.6. The highest BCUT2D eigenvalue weighted by atomic mass is 32.2. The number of amides is 2. The van der Waals surface area contributed by atoms with E-state index in [2.05, 4.69) is 10.6 Å². The molecule has 0 bridgehead atoms. The van der Waals surface area contributed by atoms with Crippen LogP contribution >= 0.6 is 11.8 Å². The number of carbonyl (C=O) groups is 3. The van der Waals surface area contributed by atoms with E-state index in [-0.39, 0.29) is 17.6 Å². The Morgan fingerprint density at radius 2 is 1.69 bits per heavy atom. The molecule has 0 heterocycles. The van der Waals surface area contributed by atoms with Gasteiger partial charge in [-0.05, 0) is 56.2 Å². The van der Waals surface area contributed by atoms with Crippen LogP contribution in [0.4, 0.5) is 11.4 Å². The molecule has 0 unspecified atom stereocenters. The summed E-state index contributed by atoms with van der Waals surface area (Å²) in [4.78, 5) is 37.1. The minimum Gasteiger partial charge on any atom is -0.492 e. The predicted molar refractivity (Wildman–Crippen MR) is 125 cm³/mol. The van der Waals surface area contributed by atoms with Crippen molar-refractivity contribution in [3.8, 4) is 5.75 Å². The summed E-state index contributed by atoms with van der Waals surface area (Å²) in [6, 6.07) is 14.4. The summed E-state index contributed by atoms with van der Waals surface area (Å²) < 4.78 is 5.52. The average Bonchev–Trinajstić information content (AvgIpc) is 2.80. The second-order valence-electron chi connectivity index (χ2n) is 7.27. The van der Waals surface area contributed by atoms with Crippen molar-refractivity contribution < 1.29 is 24.2 Å². The highest BCUT2D eigenvalue weighted by Gasteiger charge is 2.33. The van der Waals surface area contributed by atoms with Gasteiger partial charge in [-0.1, -0.05) is 24.3 Å². The molecule has 3 N–H and O–H groups in total. The van der Waals surface area contributed by atoms with Gasteiger partial charge in [-0.25, -0.2) is 0 Å². The van der Waals surface area contributed by atoms with E-state index in [0.29, 0.717) is 36.6 Å².